The van der Waals surface area contributed by atoms with E-state index >= 15 is 0 Å². The number of carbonyl (C=O) groups is 2. The Kier molecular flexibility index (Phi) is 5.65. The number of aryl methyl sites for hydroxylation is 3. The molecule has 0 atom stereocenters. The summed E-state index contributed by atoms with van der Waals surface area (Å²) in [7, 11) is 0. The molecule has 7 nitrogen and oxygen atoms in total. The van der Waals surface area contributed by atoms with E-state index in [0.29, 0.717) is 11.8 Å². The first-order chi connectivity index (χ1) is 12.9. The van der Waals surface area contributed by atoms with E-state index in [1.807, 2.05) is 10.5 Å². The van der Waals surface area contributed by atoms with Crippen molar-refractivity contribution in [1.29, 1.82) is 0 Å². The molecule has 1 N–H and O–H groups in total. The first-order valence-corrected chi connectivity index (χ1v) is 9.70. The van der Waals surface area contributed by atoms with Crippen molar-refractivity contribution in [1.82, 2.24) is 19.9 Å². The summed E-state index contributed by atoms with van der Waals surface area (Å²) in [5, 5.41) is 12.9. The number of nitrogens with zero attached hydrogens (tertiary/aromatic N) is 3. The van der Waals surface area contributed by atoms with Crippen LogP contribution in [0.2, 0.25) is 0 Å². The lowest BCUT2D eigenvalue weighted by Crippen LogP contribution is -2.31. The van der Waals surface area contributed by atoms with Crippen LogP contribution in [-0.2, 0) is 14.3 Å². The van der Waals surface area contributed by atoms with Crippen LogP contribution >= 0.6 is 11.8 Å². The number of ether oxygens (including phenoxy) is 1. The first-order valence-electron chi connectivity index (χ1n) is 8.71. The van der Waals surface area contributed by atoms with Gasteiger partial charge in [-0.25, -0.2) is 0 Å². The van der Waals surface area contributed by atoms with Gasteiger partial charge in [0.25, 0.3) is 0 Å². The molecule has 0 saturated carbocycles. The molecule has 0 radical (unpaired) electrons. The number of rotatable bonds is 6. The second-order valence-electron chi connectivity index (χ2n) is 6.35. The van der Waals surface area contributed by atoms with E-state index in [9.17, 15) is 9.59 Å². The highest BCUT2D eigenvalue weighted by Crippen LogP contribution is 2.28. The van der Waals surface area contributed by atoms with Crippen molar-refractivity contribution in [2.24, 2.45) is 0 Å². The zero-order chi connectivity index (χ0) is 19.6. The Morgan fingerprint density at radius 1 is 1.15 bits per heavy atom. The van der Waals surface area contributed by atoms with Crippen molar-refractivity contribution in [2.45, 2.75) is 32.9 Å². The van der Waals surface area contributed by atoms with E-state index < -0.39 is 5.97 Å². The minimum atomic E-state index is -0.448. The predicted molar refractivity (Wildman–Crippen MR) is 105 cm³/mol. The monoisotopic (exact) mass is 386 g/mol. The second-order valence-corrected chi connectivity index (χ2v) is 7.29. The van der Waals surface area contributed by atoms with Gasteiger partial charge in [-0.1, -0.05) is 23.4 Å². The number of hydrogen-bond donors (Lipinski definition) is 1. The Hall–Kier alpha value is -2.61. The van der Waals surface area contributed by atoms with Crippen LogP contribution in [0.3, 0.4) is 0 Å². The van der Waals surface area contributed by atoms with E-state index in [1.165, 1.54) is 17.3 Å². The lowest BCUT2D eigenvalue weighted by molar-refractivity contribution is -0.143. The highest BCUT2D eigenvalue weighted by molar-refractivity contribution is 7.99. The standard InChI is InChI=1S/C19H22N4O3S/c1-5-26-17(25)9-20-16(24)10-27-19-22-21-15-8-12(3)14-7-11(2)6-13(4)18(14)23(15)19/h6-8H,5,9-10H2,1-4H3,(H,20,24). The topological polar surface area (TPSA) is 85.6 Å². The summed E-state index contributed by atoms with van der Waals surface area (Å²) in [5.41, 5.74) is 5.27. The SMILES string of the molecule is CCOC(=O)CNC(=O)CSc1nnc2cc(C)c3cc(C)cc(C)c3n12. The number of aromatic nitrogens is 3. The average molecular weight is 386 g/mol. The van der Waals surface area contributed by atoms with E-state index in [1.54, 1.807) is 6.92 Å². The molecule has 3 aromatic rings. The van der Waals surface area contributed by atoms with Crippen molar-refractivity contribution in [3.8, 4) is 0 Å². The van der Waals surface area contributed by atoms with Crippen LogP contribution in [-0.4, -0.2) is 45.4 Å². The third-order valence-corrected chi connectivity index (χ3v) is 5.09. The Labute approximate surface area is 161 Å². The predicted octanol–water partition coefficient (Wildman–Crippen LogP) is 2.58. The Morgan fingerprint density at radius 2 is 1.93 bits per heavy atom. The summed E-state index contributed by atoms with van der Waals surface area (Å²) >= 11 is 1.29. The molecule has 0 fully saturated rings. The van der Waals surface area contributed by atoms with Crippen LogP contribution in [0, 0.1) is 20.8 Å². The van der Waals surface area contributed by atoms with E-state index in [0.717, 1.165) is 27.7 Å². The lowest BCUT2D eigenvalue weighted by atomic mass is 10.0. The van der Waals surface area contributed by atoms with Gasteiger partial charge < -0.3 is 10.1 Å². The molecule has 2 heterocycles. The van der Waals surface area contributed by atoms with Gasteiger partial charge in [-0.15, -0.1) is 10.2 Å². The number of carbonyl (C=O) groups excluding carboxylic acids is 2. The third-order valence-electron chi connectivity index (χ3n) is 4.16. The summed E-state index contributed by atoms with van der Waals surface area (Å²) in [6, 6.07) is 6.28. The summed E-state index contributed by atoms with van der Waals surface area (Å²) in [4.78, 5) is 23.3. The number of hydrogen-bond acceptors (Lipinski definition) is 6. The molecule has 0 bridgehead atoms. The quantitative estimate of drug-likeness (QED) is 0.518. The zero-order valence-electron chi connectivity index (χ0n) is 15.8. The minimum absolute atomic E-state index is 0.131. The molecule has 0 unspecified atom stereocenters. The van der Waals surface area contributed by atoms with Gasteiger partial charge in [0.2, 0.25) is 5.91 Å². The normalized spacial score (nSPS) is 11.1. The summed E-state index contributed by atoms with van der Waals surface area (Å²) < 4.78 is 6.78. The fourth-order valence-corrected chi connectivity index (χ4v) is 3.85. The second kappa shape index (κ2) is 7.96. The van der Waals surface area contributed by atoms with Crippen LogP contribution in [0.5, 0.6) is 0 Å². The number of benzene rings is 1. The number of nitrogens with one attached hydrogen (secondary N) is 1. The zero-order valence-corrected chi connectivity index (χ0v) is 16.6. The molecule has 0 aliphatic heterocycles. The molecule has 27 heavy (non-hydrogen) atoms. The van der Waals surface area contributed by atoms with Crippen molar-refractivity contribution >= 4 is 40.2 Å². The van der Waals surface area contributed by atoms with Crippen LogP contribution < -0.4 is 5.32 Å². The maximum Gasteiger partial charge on any atom is 0.325 e. The van der Waals surface area contributed by atoms with Gasteiger partial charge in [-0.05, 0) is 51.0 Å². The third kappa shape index (κ3) is 4.05. The van der Waals surface area contributed by atoms with Crippen molar-refractivity contribution < 1.29 is 14.3 Å². The maximum absolute atomic E-state index is 12.0. The first kappa shape index (κ1) is 19.2. The fraction of sp³-hybridized carbons (Fsp3) is 0.368. The summed E-state index contributed by atoms with van der Waals surface area (Å²) in [5.74, 6) is -0.564. The number of amides is 1. The molecule has 1 aromatic carbocycles. The smallest absolute Gasteiger partial charge is 0.325 e. The molecular formula is C19H22N4O3S. The summed E-state index contributed by atoms with van der Waals surface area (Å²) in [6.45, 7) is 8.09. The van der Waals surface area contributed by atoms with Crippen molar-refractivity contribution in [3.63, 3.8) is 0 Å². The van der Waals surface area contributed by atoms with Gasteiger partial charge in [0.05, 0.1) is 17.9 Å². The van der Waals surface area contributed by atoms with Crippen molar-refractivity contribution in [3.05, 3.63) is 34.9 Å². The molecule has 0 saturated heterocycles. The Bertz CT molecular complexity index is 1030. The molecule has 0 aliphatic rings. The molecule has 3 rings (SSSR count). The number of fused-ring (bicyclic) bond motifs is 3. The van der Waals surface area contributed by atoms with Crippen molar-refractivity contribution in [2.75, 3.05) is 18.9 Å². The molecular weight excluding hydrogens is 364 g/mol. The van der Waals surface area contributed by atoms with E-state index in [-0.39, 0.29) is 18.2 Å². The summed E-state index contributed by atoms with van der Waals surface area (Å²) in [6.07, 6.45) is 0. The molecule has 0 spiro atoms. The molecule has 142 valence electrons. The van der Waals surface area contributed by atoms with Gasteiger partial charge in [0.15, 0.2) is 10.8 Å². The molecule has 0 aliphatic carbocycles. The highest BCUT2D eigenvalue weighted by atomic mass is 32.2. The van der Waals surface area contributed by atoms with Gasteiger partial charge in [-0.2, -0.15) is 0 Å². The Morgan fingerprint density at radius 3 is 2.67 bits per heavy atom. The van der Waals surface area contributed by atoms with E-state index in [2.05, 4.69) is 48.4 Å². The largest absolute Gasteiger partial charge is 0.465 e. The molecule has 2 aromatic heterocycles. The van der Waals surface area contributed by atoms with E-state index in [4.69, 9.17) is 4.74 Å². The van der Waals surface area contributed by atoms with Gasteiger partial charge in [0, 0.05) is 5.39 Å². The van der Waals surface area contributed by atoms with Crippen LogP contribution in [0.15, 0.2) is 23.4 Å². The van der Waals surface area contributed by atoms with Crippen LogP contribution in [0.1, 0.15) is 23.6 Å². The maximum atomic E-state index is 12.0. The number of thioether (sulfide) groups is 1. The van der Waals surface area contributed by atoms with Gasteiger partial charge in [-0.3, -0.25) is 14.0 Å². The molecule has 8 heteroatoms. The lowest BCUT2D eigenvalue weighted by Gasteiger charge is -2.11. The fourth-order valence-electron chi connectivity index (χ4n) is 3.07. The number of pyridine rings is 1. The minimum Gasteiger partial charge on any atom is -0.465 e. The van der Waals surface area contributed by atoms with Crippen LogP contribution in [0.25, 0.3) is 16.6 Å². The van der Waals surface area contributed by atoms with Crippen LogP contribution in [0.4, 0.5) is 0 Å². The average Bonchev–Trinajstić information content (AvgIpc) is 3.01. The number of esters is 1. The molecule has 1 amide bonds. The highest BCUT2D eigenvalue weighted by Gasteiger charge is 2.15. The van der Waals surface area contributed by atoms with Gasteiger partial charge >= 0.3 is 5.97 Å². The Balaban J connectivity index is 1.85. The van der Waals surface area contributed by atoms with Gasteiger partial charge in [0.1, 0.15) is 6.54 Å².